The molecule has 138 valence electrons. The van der Waals surface area contributed by atoms with Gasteiger partial charge in [-0.25, -0.2) is 0 Å². The van der Waals surface area contributed by atoms with E-state index >= 15 is 0 Å². The highest BCUT2D eigenvalue weighted by Gasteiger charge is 2.33. The fourth-order valence-corrected chi connectivity index (χ4v) is 4.45. The summed E-state index contributed by atoms with van der Waals surface area (Å²) in [5, 5.41) is 9.18. The summed E-state index contributed by atoms with van der Waals surface area (Å²) in [6.45, 7) is 0.165. The van der Waals surface area contributed by atoms with Gasteiger partial charge in [-0.1, -0.05) is 43.0 Å². The smallest absolute Gasteiger partial charge is 0.251 e. The summed E-state index contributed by atoms with van der Waals surface area (Å²) in [6.07, 6.45) is 5.41. The second-order valence-electron chi connectivity index (χ2n) is 6.58. The van der Waals surface area contributed by atoms with E-state index in [0.717, 1.165) is 31.2 Å². The Morgan fingerprint density at radius 2 is 1.81 bits per heavy atom. The van der Waals surface area contributed by atoms with E-state index in [1.807, 2.05) is 24.3 Å². The van der Waals surface area contributed by atoms with E-state index in [-0.39, 0.29) is 18.0 Å². The van der Waals surface area contributed by atoms with Gasteiger partial charge in [0.2, 0.25) is 5.91 Å². The third-order valence-corrected chi connectivity index (χ3v) is 5.96. The van der Waals surface area contributed by atoms with Gasteiger partial charge < -0.3 is 11.1 Å². The molecule has 0 bridgehead atoms. The maximum Gasteiger partial charge on any atom is 0.251 e. The number of halogens is 1. The molecule has 0 spiro atoms. The summed E-state index contributed by atoms with van der Waals surface area (Å²) in [5.41, 5.74) is 6.60. The Morgan fingerprint density at radius 3 is 2.46 bits per heavy atom. The van der Waals surface area contributed by atoms with Crippen molar-refractivity contribution in [1.82, 2.24) is 5.32 Å². The summed E-state index contributed by atoms with van der Waals surface area (Å²) in [5.74, 6) is -0.728. The molecule has 26 heavy (non-hydrogen) atoms. The predicted octanol–water partition coefficient (Wildman–Crippen LogP) is 3.89. The molecule has 1 saturated carbocycles. The van der Waals surface area contributed by atoms with Crippen molar-refractivity contribution in [2.24, 2.45) is 5.73 Å². The van der Waals surface area contributed by atoms with Gasteiger partial charge in [0.15, 0.2) is 0 Å². The molecule has 5 nitrogen and oxygen atoms in total. The SMILES string of the molecule is NC(=O)c1ccsc1NC(=O)CNC1(c2ccc(Cl)cc2)CCCCC1. The predicted molar refractivity (Wildman–Crippen MR) is 106 cm³/mol. The Labute approximate surface area is 161 Å². The summed E-state index contributed by atoms with van der Waals surface area (Å²) in [4.78, 5) is 23.8. The van der Waals surface area contributed by atoms with Gasteiger partial charge in [0, 0.05) is 10.6 Å². The Kier molecular flexibility index (Phi) is 5.96. The molecule has 0 radical (unpaired) electrons. The molecule has 1 aromatic carbocycles. The van der Waals surface area contributed by atoms with Gasteiger partial charge in [-0.05, 0) is 42.0 Å². The van der Waals surface area contributed by atoms with E-state index in [9.17, 15) is 9.59 Å². The van der Waals surface area contributed by atoms with Crippen LogP contribution in [0.3, 0.4) is 0 Å². The number of carbonyl (C=O) groups excluding carboxylic acids is 2. The van der Waals surface area contributed by atoms with Crippen molar-refractivity contribution in [3.63, 3.8) is 0 Å². The van der Waals surface area contributed by atoms with Crippen LogP contribution in [0.1, 0.15) is 48.0 Å². The Bertz CT molecular complexity index is 782. The van der Waals surface area contributed by atoms with Crippen molar-refractivity contribution in [2.75, 3.05) is 11.9 Å². The summed E-state index contributed by atoms with van der Waals surface area (Å²) >= 11 is 7.31. The van der Waals surface area contributed by atoms with Gasteiger partial charge in [-0.3, -0.25) is 14.9 Å². The fraction of sp³-hybridized carbons (Fsp3) is 0.368. The van der Waals surface area contributed by atoms with Crippen LogP contribution in [0.2, 0.25) is 5.02 Å². The van der Waals surface area contributed by atoms with Crippen LogP contribution in [0, 0.1) is 0 Å². The number of nitrogens with two attached hydrogens (primary N) is 1. The summed E-state index contributed by atoms with van der Waals surface area (Å²) in [7, 11) is 0. The van der Waals surface area contributed by atoms with Gasteiger partial charge in [0.05, 0.1) is 12.1 Å². The third-order valence-electron chi connectivity index (χ3n) is 4.87. The van der Waals surface area contributed by atoms with Gasteiger partial charge in [-0.15, -0.1) is 11.3 Å². The van der Waals surface area contributed by atoms with Crippen LogP contribution in [-0.4, -0.2) is 18.4 Å². The van der Waals surface area contributed by atoms with Crippen molar-refractivity contribution in [3.8, 4) is 0 Å². The minimum absolute atomic E-state index is 0.165. The Hall–Kier alpha value is -1.89. The second-order valence-corrected chi connectivity index (χ2v) is 7.93. The largest absolute Gasteiger partial charge is 0.366 e. The van der Waals surface area contributed by atoms with Gasteiger partial charge >= 0.3 is 0 Å². The molecule has 7 heteroatoms. The lowest BCUT2D eigenvalue weighted by Gasteiger charge is -2.39. The van der Waals surface area contributed by atoms with Crippen LogP contribution < -0.4 is 16.4 Å². The number of rotatable bonds is 6. The van der Waals surface area contributed by atoms with Crippen LogP contribution in [0.15, 0.2) is 35.7 Å². The summed E-state index contributed by atoms with van der Waals surface area (Å²) in [6, 6.07) is 9.46. The zero-order valence-corrected chi connectivity index (χ0v) is 16.0. The molecule has 0 saturated heterocycles. The van der Waals surface area contributed by atoms with E-state index in [4.69, 9.17) is 17.3 Å². The average Bonchev–Trinajstić information content (AvgIpc) is 3.10. The maximum absolute atomic E-state index is 12.4. The lowest BCUT2D eigenvalue weighted by molar-refractivity contribution is -0.115. The first kappa shape index (κ1) is 18.9. The van der Waals surface area contributed by atoms with Crippen LogP contribution in [0.4, 0.5) is 5.00 Å². The molecule has 0 unspecified atom stereocenters. The number of nitrogens with one attached hydrogen (secondary N) is 2. The zero-order valence-electron chi connectivity index (χ0n) is 14.4. The molecular formula is C19H22ClN3O2S. The van der Waals surface area contributed by atoms with Crippen molar-refractivity contribution >= 4 is 39.8 Å². The molecule has 1 fully saturated rings. The normalized spacial score (nSPS) is 16.2. The van der Waals surface area contributed by atoms with Crippen molar-refractivity contribution in [2.45, 2.75) is 37.6 Å². The van der Waals surface area contributed by atoms with E-state index in [0.29, 0.717) is 15.6 Å². The number of primary amides is 1. The molecule has 1 aromatic heterocycles. The first-order valence-corrected chi connectivity index (χ1v) is 9.94. The first-order chi connectivity index (χ1) is 12.5. The van der Waals surface area contributed by atoms with E-state index in [1.165, 1.54) is 17.8 Å². The third kappa shape index (κ3) is 4.26. The number of thiophene rings is 1. The highest BCUT2D eigenvalue weighted by molar-refractivity contribution is 7.14. The Morgan fingerprint density at radius 1 is 1.12 bits per heavy atom. The number of benzene rings is 1. The molecule has 0 atom stereocenters. The minimum Gasteiger partial charge on any atom is -0.366 e. The number of hydrogen-bond donors (Lipinski definition) is 3. The molecule has 3 rings (SSSR count). The molecule has 1 heterocycles. The van der Waals surface area contributed by atoms with Crippen LogP contribution in [-0.2, 0) is 10.3 Å². The standard InChI is InChI=1S/C19H22ClN3O2S/c20-14-6-4-13(5-7-14)19(9-2-1-3-10-19)22-12-16(24)23-18-15(17(21)25)8-11-26-18/h4-8,11,22H,1-3,9-10,12H2,(H2,21,25)(H,23,24). The monoisotopic (exact) mass is 391 g/mol. The molecule has 2 amide bonds. The number of anilines is 1. The fourth-order valence-electron chi connectivity index (χ4n) is 3.51. The highest BCUT2D eigenvalue weighted by atomic mass is 35.5. The molecule has 0 aliphatic heterocycles. The average molecular weight is 392 g/mol. The quantitative estimate of drug-likeness (QED) is 0.698. The van der Waals surface area contributed by atoms with Gasteiger partial charge in [-0.2, -0.15) is 0 Å². The highest BCUT2D eigenvalue weighted by Crippen LogP contribution is 2.37. The van der Waals surface area contributed by atoms with Crippen LogP contribution >= 0.6 is 22.9 Å². The number of amides is 2. The molecule has 1 aliphatic rings. The molecule has 1 aliphatic carbocycles. The van der Waals surface area contributed by atoms with Crippen molar-refractivity contribution in [3.05, 3.63) is 51.9 Å². The lowest BCUT2D eigenvalue weighted by Crippen LogP contribution is -2.47. The Balaban J connectivity index is 1.70. The van der Waals surface area contributed by atoms with Crippen LogP contribution in [0.25, 0.3) is 0 Å². The maximum atomic E-state index is 12.4. The van der Waals surface area contributed by atoms with Crippen LogP contribution in [0.5, 0.6) is 0 Å². The van der Waals surface area contributed by atoms with Crippen molar-refractivity contribution < 1.29 is 9.59 Å². The molecule has 2 aromatic rings. The molecule has 4 N–H and O–H groups in total. The van der Waals surface area contributed by atoms with E-state index < -0.39 is 5.91 Å². The zero-order chi connectivity index (χ0) is 18.6. The van der Waals surface area contributed by atoms with Gasteiger partial charge in [0.25, 0.3) is 5.91 Å². The van der Waals surface area contributed by atoms with Gasteiger partial charge in [0.1, 0.15) is 5.00 Å². The van der Waals surface area contributed by atoms with E-state index in [2.05, 4.69) is 10.6 Å². The second kappa shape index (κ2) is 8.20. The summed E-state index contributed by atoms with van der Waals surface area (Å²) < 4.78 is 0. The first-order valence-electron chi connectivity index (χ1n) is 8.68. The minimum atomic E-state index is -0.542. The number of carbonyl (C=O) groups is 2. The van der Waals surface area contributed by atoms with Crippen molar-refractivity contribution in [1.29, 1.82) is 0 Å². The topological polar surface area (TPSA) is 84.2 Å². The lowest BCUT2D eigenvalue weighted by atomic mass is 9.76. The molecular weight excluding hydrogens is 370 g/mol. The van der Waals surface area contributed by atoms with E-state index in [1.54, 1.807) is 11.4 Å². The number of hydrogen-bond acceptors (Lipinski definition) is 4.